The van der Waals surface area contributed by atoms with Gasteiger partial charge in [-0.3, -0.25) is 14.6 Å². The van der Waals surface area contributed by atoms with Gasteiger partial charge >= 0.3 is 0 Å². The molecule has 27 heavy (non-hydrogen) atoms. The lowest BCUT2D eigenvalue weighted by molar-refractivity contribution is -0.114. The van der Waals surface area contributed by atoms with E-state index in [9.17, 15) is 9.59 Å². The average molecular weight is 362 g/mol. The number of nitrogens with zero attached hydrogens (tertiary/aromatic N) is 3. The van der Waals surface area contributed by atoms with Gasteiger partial charge in [-0.05, 0) is 48.0 Å². The summed E-state index contributed by atoms with van der Waals surface area (Å²) in [4.78, 5) is 27.3. The molecule has 3 aromatic rings. The van der Waals surface area contributed by atoms with Gasteiger partial charge in [0.05, 0.1) is 0 Å². The van der Waals surface area contributed by atoms with E-state index in [1.165, 1.54) is 6.92 Å². The van der Waals surface area contributed by atoms with E-state index in [4.69, 9.17) is 0 Å². The molecule has 0 radical (unpaired) electrons. The average Bonchev–Trinajstić information content (AvgIpc) is 2.69. The largest absolute Gasteiger partial charge is 0.364 e. The molecule has 136 valence electrons. The summed E-state index contributed by atoms with van der Waals surface area (Å²) in [7, 11) is 0. The van der Waals surface area contributed by atoms with Gasteiger partial charge in [0, 0.05) is 37.2 Å². The first-order valence-electron chi connectivity index (χ1n) is 8.26. The number of nitrogens with one attached hydrogen (secondary N) is 3. The molecule has 0 unspecified atom stereocenters. The van der Waals surface area contributed by atoms with Crippen LogP contribution in [0.4, 0.5) is 17.2 Å². The van der Waals surface area contributed by atoms with E-state index in [0.29, 0.717) is 23.7 Å². The Balaban J connectivity index is 1.56. The van der Waals surface area contributed by atoms with E-state index in [1.54, 1.807) is 48.8 Å². The van der Waals surface area contributed by atoms with Crippen molar-refractivity contribution >= 4 is 29.0 Å². The summed E-state index contributed by atoms with van der Waals surface area (Å²) >= 11 is 0. The van der Waals surface area contributed by atoms with Gasteiger partial charge in [0.15, 0.2) is 5.69 Å². The molecule has 0 bridgehead atoms. The van der Waals surface area contributed by atoms with Crippen LogP contribution in [0, 0.1) is 0 Å². The molecule has 0 saturated carbocycles. The van der Waals surface area contributed by atoms with Crippen molar-refractivity contribution in [1.29, 1.82) is 0 Å². The quantitative estimate of drug-likeness (QED) is 0.622. The topological polar surface area (TPSA) is 109 Å². The van der Waals surface area contributed by atoms with Crippen LogP contribution in [0.5, 0.6) is 0 Å². The third-order valence-electron chi connectivity index (χ3n) is 3.56. The molecule has 0 atom stereocenters. The first kappa shape index (κ1) is 18.0. The van der Waals surface area contributed by atoms with Crippen LogP contribution in [0.15, 0.2) is 60.9 Å². The fourth-order valence-electron chi connectivity index (χ4n) is 2.28. The summed E-state index contributed by atoms with van der Waals surface area (Å²) in [5.74, 6) is 0.0444. The SMILES string of the molecule is CC(=O)Nc1ccc(NC(=O)c2ccc(NCc3cccnc3)nn2)cc1. The lowest BCUT2D eigenvalue weighted by Gasteiger charge is -2.07. The van der Waals surface area contributed by atoms with E-state index < -0.39 is 0 Å². The van der Waals surface area contributed by atoms with Crippen molar-refractivity contribution in [3.8, 4) is 0 Å². The van der Waals surface area contributed by atoms with Crippen molar-refractivity contribution in [2.45, 2.75) is 13.5 Å². The summed E-state index contributed by atoms with van der Waals surface area (Å²) < 4.78 is 0. The molecule has 0 fully saturated rings. The van der Waals surface area contributed by atoms with Crippen LogP contribution in [-0.2, 0) is 11.3 Å². The zero-order chi connectivity index (χ0) is 19.1. The number of benzene rings is 1. The number of anilines is 3. The summed E-state index contributed by atoms with van der Waals surface area (Å²) in [6.07, 6.45) is 3.48. The Morgan fingerprint density at radius 3 is 2.26 bits per heavy atom. The van der Waals surface area contributed by atoms with E-state index >= 15 is 0 Å². The summed E-state index contributed by atoms with van der Waals surface area (Å²) in [6.45, 7) is 2.00. The second kappa shape index (κ2) is 8.52. The summed E-state index contributed by atoms with van der Waals surface area (Å²) in [6, 6.07) is 13.9. The van der Waals surface area contributed by atoms with Crippen molar-refractivity contribution in [2.24, 2.45) is 0 Å². The Kier molecular flexibility index (Phi) is 5.68. The highest BCUT2D eigenvalue weighted by molar-refractivity contribution is 6.03. The Bertz CT molecular complexity index is 911. The lowest BCUT2D eigenvalue weighted by Crippen LogP contribution is -2.15. The Hall–Kier alpha value is -3.81. The zero-order valence-electron chi connectivity index (χ0n) is 14.6. The number of hydrogen-bond acceptors (Lipinski definition) is 6. The number of pyridine rings is 1. The maximum absolute atomic E-state index is 12.3. The molecule has 0 saturated heterocycles. The third-order valence-corrected chi connectivity index (χ3v) is 3.56. The highest BCUT2D eigenvalue weighted by atomic mass is 16.2. The molecule has 8 nitrogen and oxygen atoms in total. The van der Waals surface area contributed by atoms with E-state index in [2.05, 4.69) is 31.1 Å². The summed E-state index contributed by atoms with van der Waals surface area (Å²) in [5.41, 5.74) is 2.47. The molecule has 0 aliphatic carbocycles. The summed E-state index contributed by atoms with van der Waals surface area (Å²) in [5, 5.41) is 16.5. The molecule has 2 heterocycles. The fourth-order valence-corrected chi connectivity index (χ4v) is 2.28. The normalized spacial score (nSPS) is 10.1. The smallest absolute Gasteiger partial charge is 0.276 e. The Morgan fingerprint density at radius 2 is 1.67 bits per heavy atom. The van der Waals surface area contributed by atoms with Crippen LogP contribution < -0.4 is 16.0 Å². The highest BCUT2D eigenvalue weighted by Gasteiger charge is 2.09. The Labute approximate surface area is 156 Å². The zero-order valence-corrected chi connectivity index (χ0v) is 14.6. The number of rotatable bonds is 6. The number of aromatic nitrogens is 3. The van der Waals surface area contributed by atoms with Crippen LogP contribution >= 0.6 is 0 Å². The first-order chi connectivity index (χ1) is 13.1. The molecule has 0 spiro atoms. The van der Waals surface area contributed by atoms with Gasteiger partial charge in [0.1, 0.15) is 5.82 Å². The van der Waals surface area contributed by atoms with Crippen molar-refractivity contribution in [3.05, 3.63) is 72.2 Å². The van der Waals surface area contributed by atoms with Crippen LogP contribution in [0.25, 0.3) is 0 Å². The van der Waals surface area contributed by atoms with Gasteiger partial charge in [0.2, 0.25) is 5.91 Å². The van der Waals surface area contributed by atoms with E-state index in [-0.39, 0.29) is 17.5 Å². The van der Waals surface area contributed by atoms with Gasteiger partial charge in [-0.2, -0.15) is 0 Å². The predicted molar refractivity (Wildman–Crippen MR) is 102 cm³/mol. The number of amides is 2. The molecule has 0 aliphatic heterocycles. The minimum Gasteiger partial charge on any atom is -0.364 e. The van der Waals surface area contributed by atoms with Crippen molar-refractivity contribution in [1.82, 2.24) is 15.2 Å². The molecule has 0 aliphatic rings. The molecule has 3 rings (SSSR count). The molecule has 3 N–H and O–H groups in total. The maximum Gasteiger partial charge on any atom is 0.276 e. The maximum atomic E-state index is 12.3. The molecular formula is C19H18N6O2. The molecule has 2 aromatic heterocycles. The number of carbonyl (C=O) groups is 2. The van der Waals surface area contributed by atoms with Crippen LogP contribution in [0.3, 0.4) is 0 Å². The second-order valence-electron chi connectivity index (χ2n) is 5.73. The van der Waals surface area contributed by atoms with E-state index in [1.807, 2.05) is 12.1 Å². The lowest BCUT2D eigenvalue weighted by atomic mass is 10.2. The minimum absolute atomic E-state index is 0.153. The van der Waals surface area contributed by atoms with Crippen LogP contribution in [-0.4, -0.2) is 27.0 Å². The molecule has 8 heteroatoms. The molecule has 1 aromatic carbocycles. The van der Waals surface area contributed by atoms with Gasteiger partial charge in [-0.15, -0.1) is 10.2 Å². The third kappa shape index (κ3) is 5.33. The predicted octanol–water partition coefficient (Wildman–Crippen LogP) is 2.69. The van der Waals surface area contributed by atoms with Gasteiger partial charge < -0.3 is 16.0 Å². The van der Waals surface area contributed by atoms with Crippen molar-refractivity contribution in [2.75, 3.05) is 16.0 Å². The monoisotopic (exact) mass is 362 g/mol. The molecular weight excluding hydrogens is 344 g/mol. The van der Waals surface area contributed by atoms with Crippen LogP contribution in [0.2, 0.25) is 0 Å². The number of carbonyl (C=O) groups excluding carboxylic acids is 2. The van der Waals surface area contributed by atoms with E-state index in [0.717, 1.165) is 5.56 Å². The molecule has 2 amide bonds. The van der Waals surface area contributed by atoms with Gasteiger partial charge in [0.25, 0.3) is 5.91 Å². The van der Waals surface area contributed by atoms with Gasteiger partial charge in [-0.25, -0.2) is 0 Å². The van der Waals surface area contributed by atoms with Crippen molar-refractivity contribution in [3.63, 3.8) is 0 Å². The number of hydrogen-bond donors (Lipinski definition) is 3. The highest BCUT2D eigenvalue weighted by Crippen LogP contribution is 2.14. The second-order valence-corrected chi connectivity index (χ2v) is 5.73. The fraction of sp³-hybridized carbons (Fsp3) is 0.105. The first-order valence-corrected chi connectivity index (χ1v) is 8.26. The van der Waals surface area contributed by atoms with Crippen LogP contribution in [0.1, 0.15) is 23.0 Å². The van der Waals surface area contributed by atoms with Gasteiger partial charge in [-0.1, -0.05) is 6.07 Å². The Morgan fingerprint density at radius 1 is 0.926 bits per heavy atom. The standard InChI is InChI=1S/C19H18N6O2/c1-13(26)22-15-4-6-16(7-5-15)23-19(27)17-8-9-18(25-24-17)21-12-14-3-2-10-20-11-14/h2-11H,12H2,1H3,(H,21,25)(H,22,26)(H,23,27). The minimum atomic E-state index is -0.367. The van der Waals surface area contributed by atoms with Crippen molar-refractivity contribution < 1.29 is 9.59 Å².